The van der Waals surface area contributed by atoms with Gasteiger partial charge in [-0.1, -0.05) is 6.07 Å². The molecule has 2 heterocycles. The van der Waals surface area contributed by atoms with Crippen molar-refractivity contribution in [1.29, 1.82) is 0 Å². The first-order valence-electron chi connectivity index (χ1n) is 6.52. The van der Waals surface area contributed by atoms with Crippen LogP contribution in [0.4, 0.5) is 11.5 Å². The van der Waals surface area contributed by atoms with Crippen LogP contribution in [0.2, 0.25) is 0 Å². The summed E-state index contributed by atoms with van der Waals surface area (Å²) in [4.78, 5) is 6.74. The maximum Gasteiger partial charge on any atom is 0.150 e. The number of nitrogens with two attached hydrogens (primary N) is 2. The zero-order valence-corrected chi connectivity index (χ0v) is 11.3. The first kappa shape index (κ1) is 11.9. The van der Waals surface area contributed by atoms with E-state index in [0.717, 1.165) is 30.0 Å². The predicted molar refractivity (Wildman–Crippen MR) is 78.6 cm³/mol. The molecule has 1 aliphatic rings. The Morgan fingerprint density at radius 2 is 2.11 bits per heavy atom. The smallest absolute Gasteiger partial charge is 0.150 e. The topological polar surface area (TPSA) is 73.1 Å². The van der Waals surface area contributed by atoms with Gasteiger partial charge in [0.15, 0.2) is 5.82 Å². The second kappa shape index (κ2) is 4.19. The monoisotopic (exact) mass is 257 g/mol. The number of hydrogen-bond acceptors (Lipinski definition) is 4. The van der Waals surface area contributed by atoms with E-state index >= 15 is 0 Å². The number of aromatic nitrogens is 2. The molecule has 0 atom stereocenters. The van der Waals surface area contributed by atoms with Crippen molar-refractivity contribution in [2.24, 2.45) is 0 Å². The summed E-state index contributed by atoms with van der Waals surface area (Å²) in [6, 6.07) is 6.40. The van der Waals surface area contributed by atoms with Crippen molar-refractivity contribution < 1.29 is 0 Å². The van der Waals surface area contributed by atoms with Crippen molar-refractivity contribution in [3.8, 4) is 11.3 Å². The lowest BCUT2D eigenvalue weighted by Gasteiger charge is -2.27. The van der Waals surface area contributed by atoms with E-state index < -0.39 is 0 Å². The highest BCUT2D eigenvalue weighted by Crippen LogP contribution is 2.32. The summed E-state index contributed by atoms with van der Waals surface area (Å²) >= 11 is 0. The molecule has 19 heavy (non-hydrogen) atoms. The molecule has 100 valence electrons. The Labute approximate surface area is 112 Å². The van der Waals surface area contributed by atoms with E-state index in [9.17, 15) is 0 Å². The Morgan fingerprint density at radius 1 is 1.32 bits per heavy atom. The number of hydrogen-bond donors (Lipinski definition) is 2. The van der Waals surface area contributed by atoms with Crippen LogP contribution in [0, 0.1) is 6.92 Å². The number of nitrogen functional groups attached to an aromatic ring is 2. The molecular formula is C14H19N5. The first-order valence-corrected chi connectivity index (χ1v) is 6.52. The van der Waals surface area contributed by atoms with Crippen LogP contribution >= 0.6 is 0 Å². The van der Waals surface area contributed by atoms with Crippen molar-refractivity contribution in [2.45, 2.75) is 19.8 Å². The molecule has 5 nitrogen and oxygen atoms in total. The number of rotatable bonds is 1. The summed E-state index contributed by atoms with van der Waals surface area (Å²) in [6.07, 6.45) is 2.29. The van der Waals surface area contributed by atoms with Gasteiger partial charge in [-0.2, -0.15) is 0 Å². The van der Waals surface area contributed by atoms with Gasteiger partial charge in [0.05, 0.1) is 0 Å². The van der Waals surface area contributed by atoms with Crippen molar-refractivity contribution in [2.75, 3.05) is 30.1 Å². The molecule has 0 fully saturated rings. The van der Waals surface area contributed by atoms with Crippen LogP contribution in [0.15, 0.2) is 18.2 Å². The van der Waals surface area contributed by atoms with Gasteiger partial charge in [0, 0.05) is 24.8 Å². The minimum Gasteiger partial charge on any atom is -0.382 e. The maximum atomic E-state index is 6.00. The zero-order chi connectivity index (χ0) is 13.6. The van der Waals surface area contributed by atoms with Crippen LogP contribution in [-0.4, -0.2) is 23.3 Å². The first-order chi connectivity index (χ1) is 9.08. The van der Waals surface area contributed by atoms with E-state index in [1.807, 2.05) is 6.92 Å². The Balaban J connectivity index is 2.09. The third-order valence-corrected chi connectivity index (χ3v) is 3.83. The van der Waals surface area contributed by atoms with Gasteiger partial charge in [-0.15, -0.1) is 0 Å². The molecule has 0 aliphatic carbocycles. The lowest BCUT2D eigenvalue weighted by molar-refractivity contribution is 0.745. The largest absolute Gasteiger partial charge is 0.382 e. The highest BCUT2D eigenvalue weighted by molar-refractivity contribution is 5.74. The summed E-state index contributed by atoms with van der Waals surface area (Å²) in [5.74, 6) is 7.06. The molecule has 1 aliphatic heterocycles. The molecule has 2 aromatic rings. The second-order valence-electron chi connectivity index (χ2n) is 5.13. The third-order valence-electron chi connectivity index (χ3n) is 3.83. The lowest BCUT2D eigenvalue weighted by atomic mass is 9.98. The van der Waals surface area contributed by atoms with Gasteiger partial charge in [-0.05, 0) is 37.5 Å². The fourth-order valence-electron chi connectivity index (χ4n) is 2.71. The van der Waals surface area contributed by atoms with Crippen LogP contribution in [0.25, 0.3) is 11.3 Å². The van der Waals surface area contributed by atoms with E-state index in [2.05, 4.69) is 35.1 Å². The van der Waals surface area contributed by atoms with E-state index in [1.54, 1.807) is 0 Å². The SMILES string of the molecule is Cc1nc(-c2ccc3c(c2)CCCN3C)c(N)n1N. The van der Waals surface area contributed by atoms with E-state index in [-0.39, 0.29) is 0 Å². The van der Waals surface area contributed by atoms with Gasteiger partial charge >= 0.3 is 0 Å². The number of anilines is 2. The van der Waals surface area contributed by atoms with Gasteiger partial charge in [0.25, 0.3) is 0 Å². The predicted octanol–water partition coefficient (Wildman–Crippen LogP) is 1.54. The highest BCUT2D eigenvalue weighted by atomic mass is 15.4. The standard InChI is InChI=1S/C14H19N5/c1-9-17-13(14(15)19(9)16)11-5-6-12-10(8-11)4-3-7-18(12)2/h5-6,8H,3-4,7,15-16H2,1-2H3. The van der Waals surface area contributed by atoms with Gasteiger partial charge in [0.1, 0.15) is 11.5 Å². The molecule has 4 N–H and O–H groups in total. The molecule has 1 aromatic heterocycles. The Kier molecular flexibility index (Phi) is 2.62. The van der Waals surface area contributed by atoms with Gasteiger partial charge in [-0.3, -0.25) is 0 Å². The average Bonchev–Trinajstić information content (AvgIpc) is 2.66. The number of imidazole rings is 1. The van der Waals surface area contributed by atoms with Crippen LogP contribution in [-0.2, 0) is 6.42 Å². The third kappa shape index (κ3) is 1.82. The second-order valence-corrected chi connectivity index (χ2v) is 5.13. The van der Waals surface area contributed by atoms with Gasteiger partial charge < -0.3 is 16.5 Å². The molecule has 0 saturated heterocycles. The van der Waals surface area contributed by atoms with Crippen molar-refractivity contribution >= 4 is 11.5 Å². The zero-order valence-electron chi connectivity index (χ0n) is 11.3. The van der Waals surface area contributed by atoms with Crippen molar-refractivity contribution in [3.05, 3.63) is 29.6 Å². The number of fused-ring (bicyclic) bond motifs is 1. The normalized spacial score (nSPS) is 14.5. The molecule has 0 saturated carbocycles. The Hall–Kier alpha value is -2.17. The molecular weight excluding hydrogens is 238 g/mol. The minimum atomic E-state index is 0.515. The van der Waals surface area contributed by atoms with E-state index in [1.165, 1.54) is 22.3 Å². The summed E-state index contributed by atoms with van der Waals surface area (Å²) in [6.45, 7) is 2.97. The number of benzene rings is 1. The highest BCUT2D eigenvalue weighted by Gasteiger charge is 2.17. The Morgan fingerprint density at radius 3 is 2.79 bits per heavy atom. The van der Waals surface area contributed by atoms with Crippen LogP contribution in [0.3, 0.4) is 0 Å². The maximum absolute atomic E-state index is 6.00. The fourth-order valence-corrected chi connectivity index (χ4v) is 2.71. The summed E-state index contributed by atoms with van der Waals surface area (Å²) < 4.78 is 1.43. The quantitative estimate of drug-likeness (QED) is 0.760. The molecule has 0 amide bonds. The number of nitrogens with zero attached hydrogens (tertiary/aromatic N) is 3. The molecule has 1 aromatic carbocycles. The molecule has 0 spiro atoms. The van der Waals surface area contributed by atoms with Crippen molar-refractivity contribution in [3.63, 3.8) is 0 Å². The summed E-state index contributed by atoms with van der Waals surface area (Å²) in [5, 5.41) is 0. The van der Waals surface area contributed by atoms with Crippen LogP contribution in [0.1, 0.15) is 17.8 Å². The average molecular weight is 257 g/mol. The Bertz CT molecular complexity index is 629. The summed E-state index contributed by atoms with van der Waals surface area (Å²) in [5.41, 5.74) is 10.5. The molecule has 0 unspecified atom stereocenters. The molecule has 3 rings (SSSR count). The number of aryl methyl sites for hydroxylation is 2. The van der Waals surface area contributed by atoms with Gasteiger partial charge in [-0.25, -0.2) is 9.66 Å². The molecule has 0 bridgehead atoms. The van der Waals surface area contributed by atoms with Crippen LogP contribution in [0.5, 0.6) is 0 Å². The lowest BCUT2D eigenvalue weighted by Crippen LogP contribution is -2.24. The minimum absolute atomic E-state index is 0.515. The fraction of sp³-hybridized carbons (Fsp3) is 0.357. The van der Waals surface area contributed by atoms with E-state index in [4.69, 9.17) is 11.6 Å². The molecule has 5 heteroatoms. The van der Waals surface area contributed by atoms with E-state index in [0.29, 0.717) is 5.82 Å². The summed E-state index contributed by atoms with van der Waals surface area (Å²) in [7, 11) is 2.13. The molecule has 0 radical (unpaired) electrons. The van der Waals surface area contributed by atoms with Gasteiger partial charge in [0.2, 0.25) is 0 Å². The van der Waals surface area contributed by atoms with Crippen molar-refractivity contribution in [1.82, 2.24) is 9.66 Å². The van der Waals surface area contributed by atoms with Crippen LogP contribution < -0.4 is 16.5 Å².